The van der Waals surface area contributed by atoms with E-state index in [0.29, 0.717) is 17.7 Å². The van der Waals surface area contributed by atoms with Gasteiger partial charge in [0, 0.05) is 31.1 Å². The minimum atomic E-state index is -0.653. The average Bonchev–Trinajstić information content (AvgIpc) is 3.12. The van der Waals surface area contributed by atoms with E-state index in [9.17, 15) is 9.59 Å². The fourth-order valence-electron chi connectivity index (χ4n) is 3.37. The third-order valence-electron chi connectivity index (χ3n) is 4.89. The molecule has 0 N–H and O–H groups in total. The standard InChI is InChI=1S/C16H16NO5.U/c1-9-13-7-21-16(9,8-20-13)10(2)22-17-14(18)11-5-3-4-6-12(11)15(17)19;/h3-7,9-10,13H,8H2,1-2H3;/q-1;/t9-,10?,13-,16-;/m0./s1. The zero-order chi connectivity index (χ0) is 15.5. The smallest absolute Gasteiger partial charge is 0.285 e. The number of hydrogen-bond donors (Lipinski definition) is 0. The second-order valence-corrected chi connectivity index (χ2v) is 5.97. The van der Waals surface area contributed by atoms with Crippen LogP contribution in [0.1, 0.15) is 34.6 Å². The summed E-state index contributed by atoms with van der Waals surface area (Å²) < 4.78 is 11.4. The van der Waals surface area contributed by atoms with Gasteiger partial charge in [-0.25, -0.2) is 0 Å². The van der Waals surface area contributed by atoms with Crippen molar-refractivity contribution in [2.75, 3.05) is 6.61 Å². The minimum Gasteiger partial charge on any atom is -0.541 e. The van der Waals surface area contributed by atoms with Gasteiger partial charge in [-0.05, 0) is 31.1 Å². The van der Waals surface area contributed by atoms with Gasteiger partial charge < -0.3 is 9.47 Å². The number of carbonyl (C=O) groups is 2. The Morgan fingerprint density at radius 2 is 1.91 bits per heavy atom. The van der Waals surface area contributed by atoms with Crippen LogP contribution >= 0.6 is 0 Å². The van der Waals surface area contributed by atoms with Gasteiger partial charge in [0.05, 0.1) is 23.3 Å². The quantitative estimate of drug-likeness (QED) is 0.431. The van der Waals surface area contributed by atoms with Gasteiger partial charge in [0.15, 0.2) is 0 Å². The Morgan fingerprint density at radius 1 is 1.30 bits per heavy atom. The van der Waals surface area contributed by atoms with Gasteiger partial charge in [0.2, 0.25) is 0 Å². The molecule has 2 amide bonds. The normalized spacial score (nSPS) is 32.9. The van der Waals surface area contributed by atoms with Crippen molar-refractivity contribution in [3.8, 4) is 0 Å². The second kappa shape index (κ2) is 5.98. The van der Waals surface area contributed by atoms with Crippen molar-refractivity contribution in [3.05, 3.63) is 42.0 Å². The summed E-state index contributed by atoms with van der Waals surface area (Å²) in [6.45, 7) is 5.87. The zero-order valence-electron chi connectivity index (χ0n) is 12.8. The van der Waals surface area contributed by atoms with E-state index in [1.165, 1.54) is 0 Å². The summed E-state index contributed by atoms with van der Waals surface area (Å²) in [4.78, 5) is 30.4. The molecule has 4 atom stereocenters. The molecule has 0 radical (unpaired) electrons. The van der Waals surface area contributed by atoms with E-state index in [1.807, 2.05) is 6.92 Å². The van der Waals surface area contributed by atoms with Gasteiger partial charge in [-0.3, -0.25) is 14.4 Å². The number of hydroxylamine groups is 2. The molecule has 1 aromatic carbocycles. The van der Waals surface area contributed by atoms with Crippen molar-refractivity contribution in [1.82, 2.24) is 5.06 Å². The summed E-state index contributed by atoms with van der Waals surface area (Å²) in [5, 5.41) is 0.839. The molecule has 2 bridgehead atoms. The molecule has 3 heterocycles. The molecule has 23 heavy (non-hydrogen) atoms. The number of fused-ring (bicyclic) bond motifs is 3. The van der Waals surface area contributed by atoms with Crippen LogP contribution in [0.5, 0.6) is 0 Å². The molecule has 3 aliphatic heterocycles. The molecule has 2 saturated heterocycles. The Balaban J connectivity index is 0.00000156. The predicted molar refractivity (Wildman–Crippen MR) is 74.5 cm³/mol. The van der Waals surface area contributed by atoms with E-state index in [-0.39, 0.29) is 43.1 Å². The monoisotopic (exact) mass is 540 g/mol. The van der Waals surface area contributed by atoms with Crippen LogP contribution in [0.4, 0.5) is 0 Å². The van der Waals surface area contributed by atoms with Gasteiger partial charge in [-0.15, -0.1) is 5.06 Å². The average molecular weight is 540 g/mol. The van der Waals surface area contributed by atoms with Crippen LogP contribution in [-0.2, 0) is 14.3 Å². The Kier molecular flexibility index (Phi) is 4.45. The number of rotatable bonds is 3. The number of carbonyl (C=O) groups excluding carboxylic acids is 2. The number of hydrogen-bond acceptors (Lipinski definition) is 5. The summed E-state index contributed by atoms with van der Waals surface area (Å²) in [7, 11) is 0. The van der Waals surface area contributed by atoms with E-state index >= 15 is 0 Å². The molecule has 0 aliphatic carbocycles. The van der Waals surface area contributed by atoms with E-state index in [2.05, 4.69) is 0 Å². The molecule has 4 rings (SSSR count). The molecule has 2 fully saturated rings. The molecular formula is C16H16NO5U-. The molecule has 1 unspecified atom stereocenters. The van der Waals surface area contributed by atoms with E-state index in [1.54, 1.807) is 37.8 Å². The first-order valence-corrected chi connectivity index (χ1v) is 7.32. The van der Waals surface area contributed by atoms with E-state index in [4.69, 9.17) is 14.3 Å². The Morgan fingerprint density at radius 3 is 2.35 bits per heavy atom. The number of ether oxygens (including phenoxy) is 2. The molecule has 120 valence electrons. The maximum atomic E-state index is 12.3. The number of benzene rings is 1. The molecule has 3 aliphatic rings. The van der Waals surface area contributed by atoms with Crippen LogP contribution in [0.25, 0.3) is 0 Å². The fraction of sp³-hybridized carbons (Fsp3) is 0.438. The third kappa shape index (κ3) is 2.33. The first-order valence-electron chi connectivity index (χ1n) is 7.32. The molecule has 0 spiro atoms. The summed E-state index contributed by atoms with van der Waals surface area (Å²) in [6.07, 6.45) is -0.554. The van der Waals surface area contributed by atoms with Crippen molar-refractivity contribution >= 4 is 11.8 Å². The van der Waals surface area contributed by atoms with Crippen molar-refractivity contribution < 1.29 is 55.0 Å². The molecular weight excluding hydrogens is 524 g/mol. The van der Waals surface area contributed by atoms with Gasteiger partial charge in [0.25, 0.3) is 11.8 Å². The Hall–Kier alpha value is -0.708. The first kappa shape index (κ1) is 17.1. The van der Waals surface area contributed by atoms with Gasteiger partial charge in [0.1, 0.15) is 6.10 Å². The van der Waals surface area contributed by atoms with Crippen molar-refractivity contribution in [2.45, 2.75) is 31.7 Å². The van der Waals surface area contributed by atoms with Crippen molar-refractivity contribution in [2.24, 2.45) is 5.92 Å². The topological polar surface area (TPSA) is 65.1 Å². The minimum absolute atomic E-state index is 0. The van der Waals surface area contributed by atoms with Gasteiger partial charge in [-0.2, -0.15) is 6.61 Å². The number of nitrogens with zero attached hydrogens (tertiary/aromatic N) is 1. The maximum absolute atomic E-state index is 12.3. The van der Waals surface area contributed by atoms with Crippen LogP contribution in [0.3, 0.4) is 0 Å². The number of amides is 2. The van der Waals surface area contributed by atoms with E-state index < -0.39 is 23.5 Å². The first-order chi connectivity index (χ1) is 10.5. The summed E-state index contributed by atoms with van der Waals surface area (Å²) in [5.41, 5.74) is 0.0781. The zero-order valence-corrected chi connectivity index (χ0v) is 17.0. The summed E-state index contributed by atoms with van der Waals surface area (Å²) in [6, 6.07) is 6.70. The molecule has 6 nitrogen and oxygen atoms in total. The van der Waals surface area contributed by atoms with E-state index in [0.717, 1.165) is 5.06 Å². The van der Waals surface area contributed by atoms with Crippen LogP contribution in [0.2, 0.25) is 0 Å². The van der Waals surface area contributed by atoms with Crippen LogP contribution in [0, 0.1) is 43.6 Å². The van der Waals surface area contributed by atoms with Crippen molar-refractivity contribution in [3.63, 3.8) is 0 Å². The molecule has 7 heteroatoms. The molecule has 0 saturated carbocycles. The predicted octanol–water partition coefficient (Wildman–Crippen LogP) is 1.57. The molecule has 0 aromatic heterocycles. The van der Waals surface area contributed by atoms with Crippen molar-refractivity contribution in [1.29, 1.82) is 0 Å². The largest absolute Gasteiger partial charge is 0.541 e. The molecule has 1 aromatic rings. The Bertz CT molecular complexity index is 621. The SMILES string of the molecule is CC(ON1C(=O)c2ccccc2C1=O)[C@@]12CO[C@@H]([CH-]O1)[C@@H]2C.[U]. The van der Waals surface area contributed by atoms with Crippen LogP contribution in [0.15, 0.2) is 24.3 Å². The summed E-state index contributed by atoms with van der Waals surface area (Å²) in [5.74, 6) is -0.763. The number of imide groups is 1. The van der Waals surface area contributed by atoms with Crippen LogP contribution < -0.4 is 0 Å². The second-order valence-electron chi connectivity index (χ2n) is 5.97. The maximum Gasteiger partial charge on any atom is 0.285 e. The Labute approximate surface area is 157 Å². The third-order valence-corrected chi connectivity index (χ3v) is 4.89. The summed E-state index contributed by atoms with van der Waals surface area (Å²) >= 11 is 0. The van der Waals surface area contributed by atoms with Crippen LogP contribution in [-0.4, -0.2) is 41.3 Å². The van der Waals surface area contributed by atoms with Gasteiger partial charge >= 0.3 is 0 Å². The van der Waals surface area contributed by atoms with Gasteiger partial charge in [-0.1, -0.05) is 19.1 Å². The fourth-order valence-corrected chi connectivity index (χ4v) is 3.37.